The number of phenols is 1. The fourth-order valence-electron chi connectivity index (χ4n) is 2.32. The van der Waals surface area contributed by atoms with E-state index >= 15 is 0 Å². The molecule has 0 amide bonds. The molecule has 1 fully saturated rings. The van der Waals surface area contributed by atoms with Crippen LogP contribution in [0.3, 0.4) is 0 Å². The smallest absolute Gasteiger partial charge is 0.120 e. The molecule has 0 unspecified atom stereocenters. The lowest BCUT2D eigenvalue weighted by molar-refractivity contribution is 0.391. The van der Waals surface area contributed by atoms with Crippen molar-refractivity contribution in [3.8, 4) is 11.5 Å². The first-order chi connectivity index (χ1) is 7.15. The zero-order valence-electron chi connectivity index (χ0n) is 8.99. The van der Waals surface area contributed by atoms with Gasteiger partial charge in [-0.05, 0) is 31.0 Å². The summed E-state index contributed by atoms with van der Waals surface area (Å²) in [5.41, 5.74) is 6.75. The number of hydrogen-bond donors (Lipinski definition) is 2. The minimum absolute atomic E-state index is 0.278. The summed E-state index contributed by atoms with van der Waals surface area (Å²) in [5, 5.41) is 9.82. The molecule has 0 heterocycles. The van der Waals surface area contributed by atoms with Crippen molar-refractivity contribution >= 4 is 0 Å². The van der Waals surface area contributed by atoms with Gasteiger partial charge >= 0.3 is 0 Å². The van der Waals surface area contributed by atoms with Crippen LogP contribution >= 0.6 is 0 Å². The zero-order valence-corrected chi connectivity index (χ0v) is 8.99. The molecule has 0 saturated heterocycles. The third-order valence-corrected chi connectivity index (χ3v) is 3.24. The Bertz CT molecular complexity index is 357. The second-order valence-electron chi connectivity index (χ2n) is 4.25. The third-order valence-electron chi connectivity index (χ3n) is 3.24. The molecule has 3 N–H and O–H groups in total. The van der Waals surface area contributed by atoms with Crippen molar-refractivity contribution in [1.82, 2.24) is 0 Å². The van der Waals surface area contributed by atoms with Crippen molar-refractivity contribution < 1.29 is 9.84 Å². The molecular weight excluding hydrogens is 190 g/mol. The minimum atomic E-state index is -0.362. The topological polar surface area (TPSA) is 55.5 Å². The molecule has 3 heteroatoms. The van der Waals surface area contributed by atoms with Gasteiger partial charge < -0.3 is 15.6 Å². The number of phenolic OH excluding ortho intramolecular Hbond substituents is 1. The molecule has 1 aliphatic rings. The number of ether oxygens (including phenoxy) is 1. The maximum Gasteiger partial charge on any atom is 0.120 e. The van der Waals surface area contributed by atoms with Gasteiger partial charge in [0, 0.05) is 11.1 Å². The molecule has 15 heavy (non-hydrogen) atoms. The summed E-state index contributed by atoms with van der Waals surface area (Å²) >= 11 is 0. The number of nitrogens with two attached hydrogens (primary N) is 1. The van der Waals surface area contributed by atoms with Crippen molar-refractivity contribution in [1.29, 1.82) is 0 Å². The highest BCUT2D eigenvalue weighted by atomic mass is 16.5. The van der Waals surface area contributed by atoms with E-state index in [-0.39, 0.29) is 11.3 Å². The highest BCUT2D eigenvalue weighted by molar-refractivity contribution is 5.44. The predicted octanol–water partition coefficient (Wildman–Crippen LogP) is 2.13. The minimum Gasteiger partial charge on any atom is -0.508 e. The summed E-state index contributed by atoms with van der Waals surface area (Å²) in [6.07, 6.45) is 4.14. The third kappa shape index (κ3) is 1.79. The molecule has 0 aliphatic heterocycles. The molecule has 0 atom stereocenters. The van der Waals surface area contributed by atoms with Gasteiger partial charge in [-0.15, -0.1) is 0 Å². The van der Waals surface area contributed by atoms with Crippen molar-refractivity contribution in [2.75, 3.05) is 7.11 Å². The van der Waals surface area contributed by atoms with Crippen molar-refractivity contribution in [2.45, 2.75) is 31.2 Å². The van der Waals surface area contributed by atoms with Crippen LogP contribution in [-0.4, -0.2) is 12.2 Å². The maximum atomic E-state index is 9.82. The van der Waals surface area contributed by atoms with Gasteiger partial charge in [0.1, 0.15) is 11.5 Å². The van der Waals surface area contributed by atoms with Crippen molar-refractivity contribution in [2.24, 2.45) is 5.73 Å². The van der Waals surface area contributed by atoms with Crippen molar-refractivity contribution in [3.63, 3.8) is 0 Å². The average molecular weight is 207 g/mol. The van der Waals surface area contributed by atoms with Crippen LogP contribution in [0.1, 0.15) is 31.2 Å². The van der Waals surface area contributed by atoms with E-state index in [1.54, 1.807) is 19.2 Å². The van der Waals surface area contributed by atoms with E-state index in [4.69, 9.17) is 10.5 Å². The van der Waals surface area contributed by atoms with E-state index in [0.717, 1.165) is 37.0 Å². The van der Waals surface area contributed by atoms with Crippen molar-refractivity contribution in [3.05, 3.63) is 23.8 Å². The van der Waals surface area contributed by atoms with Gasteiger partial charge in [0.05, 0.1) is 7.11 Å². The summed E-state index contributed by atoms with van der Waals surface area (Å²) in [4.78, 5) is 0. The molecule has 1 aliphatic carbocycles. The number of methoxy groups -OCH3 is 1. The molecule has 3 nitrogen and oxygen atoms in total. The van der Waals surface area contributed by atoms with E-state index in [2.05, 4.69) is 0 Å². The quantitative estimate of drug-likeness (QED) is 0.781. The van der Waals surface area contributed by atoms with E-state index < -0.39 is 0 Å². The second-order valence-corrected chi connectivity index (χ2v) is 4.25. The van der Waals surface area contributed by atoms with Crippen LogP contribution in [0.25, 0.3) is 0 Å². The predicted molar refractivity (Wildman–Crippen MR) is 59.0 cm³/mol. The van der Waals surface area contributed by atoms with Gasteiger partial charge in [-0.25, -0.2) is 0 Å². The summed E-state index contributed by atoms with van der Waals surface area (Å²) < 4.78 is 5.15. The lowest BCUT2D eigenvalue weighted by atomic mass is 9.88. The van der Waals surface area contributed by atoms with Crippen LogP contribution < -0.4 is 10.5 Å². The van der Waals surface area contributed by atoms with E-state index in [1.165, 1.54) is 0 Å². The second kappa shape index (κ2) is 3.74. The average Bonchev–Trinajstić information content (AvgIpc) is 2.67. The lowest BCUT2D eigenvalue weighted by Gasteiger charge is -2.25. The first-order valence-electron chi connectivity index (χ1n) is 5.32. The SMILES string of the molecule is COc1ccc(O)c(C2(N)CCCC2)c1. The molecule has 1 aromatic carbocycles. The Morgan fingerprint density at radius 2 is 2.00 bits per heavy atom. The van der Waals surface area contributed by atoms with Crippen LogP contribution in [0.15, 0.2) is 18.2 Å². The largest absolute Gasteiger partial charge is 0.508 e. The Morgan fingerprint density at radius 1 is 1.33 bits per heavy atom. The highest BCUT2D eigenvalue weighted by Gasteiger charge is 2.33. The molecule has 0 bridgehead atoms. The van der Waals surface area contributed by atoms with Gasteiger partial charge in [-0.1, -0.05) is 12.8 Å². The van der Waals surface area contributed by atoms with Gasteiger partial charge in [0.2, 0.25) is 0 Å². The number of hydrogen-bond acceptors (Lipinski definition) is 3. The van der Waals surface area contributed by atoms with Gasteiger partial charge in [-0.2, -0.15) is 0 Å². The highest BCUT2D eigenvalue weighted by Crippen LogP contribution is 2.41. The number of benzene rings is 1. The summed E-state index contributed by atoms with van der Waals surface area (Å²) in [5.74, 6) is 1.03. The van der Waals surface area contributed by atoms with Gasteiger partial charge in [0.15, 0.2) is 0 Å². The molecule has 0 radical (unpaired) electrons. The van der Waals surface area contributed by atoms with Gasteiger partial charge in [0.25, 0.3) is 0 Å². The van der Waals surface area contributed by atoms with Crippen LogP contribution in [0.2, 0.25) is 0 Å². The molecule has 1 saturated carbocycles. The Morgan fingerprint density at radius 3 is 2.60 bits per heavy atom. The standard InChI is InChI=1S/C12H17NO2/c1-15-9-4-5-11(14)10(8-9)12(13)6-2-3-7-12/h4-5,8,14H,2-3,6-7,13H2,1H3. The normalized spacial score (nSPS) is 19.1. The number of rotatable bonds is 2. The monoisotopic (exact) mass is 207 g/mol. The van der Waals surface area contributed by atoms with Crippen LogP contribution in [-0.2, 0) is 5.54 Å². The summed E-state index contributed by atoms with van der Waals surface area (Å²) in [6, 6.07) is 5.25. The van der Waals surface area contributed by atoms with E-state index in [1.807, 2.05) is 6.07 Å². The van der Waals surface area contributed by atoms with Crippen LogP contribution in [0.4, 0.5) is 0 Å². The molecular formula is C12H17NO2. The van der Waals surface area contributed by atoms with E-state index in [9.17, 15) is 5.11 Å². The Hall–Kier alpha value is -1.22. The molecule has 1 aromatic rings. The Labute approximate surface area is 89.9 Å². The maximum absolute atomic E-state index is 9.82. The Balaban J connectivity index is 2.41. The fraction of sp³-hybridized carbons (Fsp3) is 0.500. The van der Waals surface area contributed by atoms with Crippen LogP contribution in [0, 0.1) is 0 Å². The lowest BCUT2D eigenvalue weighted by Crippen LogP contribution is -2.33. The molecule has 0 aromatic heterocycles. The summed E-state index contributed by atoms with van der Waals surface area (Å²) in [7, 11) is 1.62. The molecule has 0 spiro atoms. The number of aromatic hydroxyl groups is 1. The first-order valence-corrected chi connectivity index (χ1v) is 5.32. The molecule has 2 rings (SSSR count). The van der Waals surface area contributed by atoms with Gasteiger partial charge in [-0.3, -0.25) is 0 Å². The Kier molecular flexibility index (Phi) is 2.57. The molecule has 82 valence electrons. The zero-order chi connectivity index (χ0) is 10.9. The summed E-state index contributed by atoms with van der Waals surface area (Å²) in [6.45, 7) is 0. The first kappa shape index (κ1) is 10.3. The van der Waals surface area contributed by atoms with Crippen LogP contribution in [0.5, 0.6) is 11.5 Å². The fourth-order valence-corrected chi connectivity index (χ4v) is 2.32. The van der Waals surface area contributed by atoms with E-state index in [0.29, 0.717) is 0 Å².